The zero-order valence-electron chi connectivity index (χ0n) is 21.6. The van der Waals surface area contributed by atoms with Crippen molar-refractivity contribution in [2.24, 2.45) is 0 Å². The molecule has 7 nitrogen and oxygen atoms in total. The fourth-order valence-electron chi connectivity index (χ4n) is 3.81. The molecule has 0 aromatic heterocycles. The SMILES string of the molecule is Cc1ccc(C)c(N(CCCC(=O)N(Cc2c(Cl)cccc2Cl)[C@H](C)C(=O)NC(C)C)S(C)(=O)=O)c1. The highest BCUT2D eigenvalue weighted by Crippen LogP contribution is 2.28. The molecule has 0 unspecified atom stereocenters. The van der Waals surface area contributed by atoms with Gasteiger partial charge in [-0.15, -0.1) is 0 Å². The number of nitrogens with zero attached hydrogens (tertiary/aromatic N) is 2. The van der Waals surface area contributed by atoms with Crippen LogP contribution in [0.5, 0.6) is 0 Å². The van der Waals surface area contributed by atoms with Crippen molar-refractivity contribution in [2.45, 2.75) is 66.1 Å². The Morgan fingerprint density at radius 1 is 1.03 bits per heavy atom. The van der Waals surface area contributed by atoms with E-state index in [-0.39, 0.29) is 43.8 Å². The third-order valence-electron chi connectivity index (χ3n) is 5.77. The molecule has 10 heteroatoms. The molecule has 36 heavy (non-hydrogen) atoms. The van der Waals surface area contributed by atoms with Crippen LogP contribution in [0.1, 0.15) is 50.3 Å². The molecule has 0 radical (unpaired) electrons. The van der Waals surface area contributed by atoms with E-state index < -0.39 is 16.1 Å². The number of rotatable bonds is 11. The molecule has 0 fully saturated rings. The minimum absolute atomic E-state index is 0.0399. The van der Waals surface area contributed by atoms with E-state index in [1.54, 1.807) is 25.1 Å². The Hall–Kier alpha value is -2.29. The third-order valence-corrected chi connectivity index (χ3v) is 7.66. The second-order valence-corrected chi connectivity index (χ2v) is 12.0. The number of hydrogen-bond acceptors (Lipinski definition) is 4. The quantitative estimate of drug-likeness (QED) is 0.418. The zero-order chi connectivity index (χ0) is 27.2. The van der Waals surface area contributed by atoms with Crippen molar-refractivity contribution in [1.29, 1.82) is 0 Å². The lowest BCUT2D eigenvalue weighted by molar-refractivity contribution is -0.140. The van der Waals surface area contributed by atoms with Crippen LogP contribution in [-0.4, -0.2) is 50.0 Å². The summed E-state index contributed by atoms with van der Waals surface area (Å²) in [5.74, 6) is -0.596. The topological polar surface area (TPSA) is 86.8 Å². The number of benzene rings is 2. The van der Waals surface area contributed by atoms with E-state index in [2.05, 4.69) is 5.32 Å². The molecule has 0 bridgehead atoms. The van der Waals surface area contributed by atoms with Crippen LogP contribution in [0.25, 0.3) is 0 Å². The Kier molecular flexibility index (Phi) is 10.6. The number of carbonyl (C=O) groups is 2. The van der Waals surface area contributed by atoms with E-state index >= 15 is 0 Å². The van der Waals surface area contributed by atoms with Gasteiger partial charge < -0.3 is 10.2 Å². The number of aryl methyl sites for hydroxylation is 2. The molecule has 0 aliphatic rings. The van der Waals surface area contributed by atoms with E-state index in [0.29, 0.717) is 21.3 Å². The average molecular weight is 557 g/mol. The van der Waals surface area contributed by atoms with Crippen molar-refractivity contribution < 1.29 is 18.0 Å². The summed E-state index contributed by atoms with van der Waals surface area (Å²) in [4.78, 5) is 27.6. The van der Waals surface area contributed by atoms with E-state index in [0.717, 1.165) is 17.4 Å². The number of amides is 2. The van der Waals surface area contributed by atoms with Crippen LogP contribution >= 0.6 is 23.2 Å². The second kappa shape index (κ2) is 12.8. The first-order valence-electron chi connectivity index (χ1n) is 11.8. The first-order valence-corrected chi connectivity index (χ1v) is 14.4. The van der Waals surface area contributed by atoms with Gasteiger partial charge in [-0.3, -0.25) is 13.9 Å². The lowest BCUT2D eigenvalue weighted by Gasteiger charge is -2.30. The van der Waals surface area contributed by atoms with Crippen LogP contribution in [0.15, 0.2) is 36.4 Å². The number of nitrogens with one attached hydrogen (secondary N) is 1. The molecule has 0 aliphatic carbocycles. The maximum atomic E-state index is 13.4. The molecule has 0 spiro atoms. The highest BCUT2D eigenvalue weighted by Gasteiger charge is 2.28. The predicted octanol–water partition coefficient (Wildman–Crippen LogP) is 5.10. The van der Waals surface area contributed by atoms with Gasteiger partial charge in [-0.05, 0) is 70.4 Å². The Balaban J connectivity index is 2.26. The van der Waals surface area contributed by atoms with E-state index in [9.17, 15) is 18.0 Å². The molecule has 2 aromatic rings. The van der Waals surface area contributed by atoms with Crippen LogP contribution < -0.4 is 9.62 Å². The van der Waals surface area contributed by atoms with Crippen molar-refractivity contribution in [3.05, 3.63) is 63.1 Å². The molecular weight excluding hydrogens is 521 g/mol. The van der Waals surface area contributed by atoms with Crippen LogP contribution in [0.3, 0.4) is 0 Å². The van der Waals surface area contributed by atoms with Crippen molar-refractivity contribution in [3.8, 4) is 0 Å². The highest BCUT2D eigenvalue weighted by atomic mass is 35.5. The average Bonchev–Trinajstić information content (AvgIpc) is 2.76. The number of anilines is 1. The van der Waals surface area contributed by atoms with Gasteiger partial charge in [-0.2, -0.15) is 0 Å². The molecule has 1 N–H and O–H groups in total. The summed E-state index contributed by atoms with van der Waals surface area (Å²) in [6.45, 7) is 9.26. The Labute approximate surface area is 224 Å². The number of halogens is 2. The van der Waals surface area contributed by atoms with E-state index in [1.165, 1.54) is 9.21 Å². The van der Waals surface area contributed by atoms with Gasteiger partial charge >= 0.3 is 0 Å². The van der Waals surface area contributed by atoms with Gasteiger partial charge in [0.2, 0.25) is 21.8 Å². The lowest BCUT2D eigenvalue weighted by Crippen LogP contribution is -2.49. The maximum Gasteiger partial charge on any atom is 0.242 e. The minimum Gasteiger partial charge on any atom is -0.352 e. The Morgan fingerprint density at radius 3 is 2.19 bits per heavy atom. The van der Waals surface area contributed by atoms with Crippen LogP contribution in [0, 0.1) is 13.8 Å². The van der Waals surface area contributed by atoms with Gasteiger partial charge in [0.25, 0.3) is 0 Å². The number of sulfonamides is 1. The molecule has 0 saturated carbocycles. The van der Waals surface area contributed by atoms with Gasteiger partial charge in [-0.25, -0.2) is 8.42 Å². The highest BCUT2D eigenvalue weighted by molar-refractivity contribution is 7.92. The molecule has 0 aliphatic heterocycles. The minimum atomic E-state index is -3.57. The zero-order valence-corrected chi connectivity index (χ0v) is 24.0. The maximum absolute atomic E-state index is 13.4. The molecule has 198 valence electrons. The summed E-state index contributed by atoms with van der Waals surface area (Å²) < 4.78 is 26.5. The standard InChI is InChI=1S/C26H35Cl2N3O4S/c1-17(2)29-26(33)20(5)30(16-21-22(27)9-7-10-23(21)28)25(32)11-8-14-31(36(6,34)35)24-15-18(3)12-13-19(24)4/h7,9-10,12-13,15,17,20H,8,11,14,16H2,1-6H3,(H,29,33)/t20-/m1/s1. The Morgan fingerprint density at radius 2 is 1.64 bits per heavy atom. The van der Waals surface area contributed by atoms with Crippen LogP contribution in [0.2, 0.25) is 10.0 Å². The summed E-state index contributed by atoms with van der Waals surface area (Å²) in [6.07, 6.45) is 1.46. The molecule has 1 atom stereocenters. The normalized spacial score (nSPS) is 12.4. The molecule has 0 heterocycles. The molecule has 0 saturated heterocycles. The van der Waals surface area contributed by atoms with Crippen molar-refractivity contribution in [3.63, 3.8) is 0 Å². The second-order valence-electron chi connectivity index (χ2n) is 9.29. The summed E-state index contributed by atoms with van der Waals surface area (Å²) >= 11 is 12.7. The third kappa shape index (κ3) is 8.11. The predicted molar refractivity (Wildman–Crippen MR) is 147 cm³/mol. The smallest absolute Gasteiger partial charge is 0.242 e. The fourth-order valence-corrected chi connectivity index (χ4v) is 5.34. The first kappa shape index (κ1) is 29.9. The summed E-state index contributed by atoms with van der Waals surface area (Å²) in [5, 5.41) is 3.63. The van der Waals surface area contributed by atoms with Crippen LogP contribution in [0.4, 0.5) is 5.69 Å². The molecule has 2 amide bonds. The van der Waals surface area contributed by atoms with Gasteiger partial charge in [-0.1, -0.05) is 41.4 Å². The van der Waals surface area contributed by atoms with E-state index in [4.69, 9.17) is 23.2 Å². The largest absolute Gasteiger partial charge is 0.352 e. The molecule has 2 aromatic carbocycles. The lowest BCUT2D eigenvalue weighted by atomic mass is 10.1. The first-order chi connectivity index (χ1) is 16.7. The van der Waals surface area contributed by atoms with Crippen LogP contribution in [-0.2, 0) is 26.2 Å². The Bertz CT molecular complexity index is 1180. The monoisotopic (exact) mass is 555 g/mol. The molecule has 2 rings (SSSR count). The molecular formula is C26H35Cl2N3O4S. The van der Waals surface area contributed by atoms with Gasteiger partial charge in [0.05, 0.1) is 11.9 Å². The van der Waals surface area contributed by atoms with Crippen molar-refractivity contribution >= 4 is 50.7 Å². The number of carbonyl (C=O) groups excluding carboxylic acids is 2. The summed E-state index contributed by atoms with van der Waals surface area (Å²) in [5.41, 5.74) is 2.90. The van der Waals surface area contributed by atoms with Crippen molar-refractivity contribution in [2.75, 3.05) is 17.1 Å². The van der Waals surface area contributed by atoms with Gasteiger partial charge in [0.1, 0.15) is 6.04 Å². The van der Waals surface area contributed by atoms with E-state index in [1.807, 2.05) is 45.9 Å². The fraction of sp³-hybridized carbons (Fsp3) is 0.462. The number of hydrogen-bond donors (Lipinski definition) is 1. The summed E-state index contributed by atoms with van der Waals surface area (Å²) in [6, 6.07) is 9.81. The van der Waals surface area contributed by atoms with Gasteiger partial charge in [0, 0.05) is 41.2 Å². The van der Waals surface area contributed by atoms with Crippen molar-refractivity contribution in [1.82, 2.24) is 10.2 Å². The summed E-state index contributed by atoms with van der Waals surface area (Å²) in [7, 11) is -3.57. The van der Waals surface area contributed by atoms with Gasteiger partial charge in [0.15, 0.2) is 0 Å².